The van der Waals surface area contributed by atoms with Gasteiger partial charge in [0.25, 0.3) is 0 Å². The van der Waals surface area contributed by atoms with Crippen molar-refractivity contribution in [3.8, 4) is 0 Å². The number of likely N-dealkylation sites (tertiary alicyclic amines) is 1. The third kappa shape index (κ3) is 5.36. The summed E-state index contributed by atoms with van der Waals surface area (Å²) in [4.78, 5) is 18.4. The van der Waals surface area contributed by atoms with Crippen LogP contribution < -0.4 is 5.73 Å². The maximum Gasteiger partial charge on any atom is 0.241 e. The first-order valence-electron chi connectivity index (χ1n) is 7.34. The minimum Gasteiger partial charge on any atom is -0.383 e. The average Bonchev–Trinajstić information content (AvgIpc) is 2.44. The maximum atomic E-state index is 12.0. The van der Waals surface area contributed by atoms with E-state index in [2.05, 4.69) is 23.9 Å². The molecule has 1 fully saturated rings. The number of rotatable bonds is 7. The van der Waals surface area contributed by atoms with E-state index in [4.69, 9.17) is 10.5 Å². The molecule has 1 amide bonds. The van der Waals surface area contributed by atoms with E-state index in [-0.39, 0.29) is 12.5 Å². The summed E-state index contributed by atoms with van der Waals surface area (Å²) in [5.41, 5.74) is 5.76. The van der Waals surface area contributed by atoms with Gasteiger partial charge in [-0.1, -0.05) is 0 Å². The van der Waals surface area contributed by atoms with Crippen LogP contribution in [0.4, 0.5) is 0 Å². The number of amides is 1. The predicted octanol–water partition coefficient (Wildman–Crippen LogP) is -0.555. The highest BCUT2D eigenvalue weighted by molar-refractivity contribution is 5.81. The normalized spacial score (nSPS) is 19.3. The Morgan fingerprint density at radius 3 is 2.50 bits per heavy atom. The van der Waals surface area contributed by atoms with E-state index in [0.717, 1.165) is 19.6 Å². The molecule has 1 aliphatic rings. The van der Waals surface area contributed by atoms with Crippen molar-refractivity contribution in [2.75, 3.05) is 61.0 Å². The first-order valence-corrected chi connectivity index (χ1v) is 7.34. The highest BCUT2D eigenvalue weighted by Gasteiger charge is 2.22. The van der Waals surface area contributed by atoms with Gasteiger partial charge in [0.2, 0.25) is 5.91 Å². The number of hydrogen-bond acceptors (Lipinski definition) is 5. The van der Waals surface area contributed by atoms with E-state index in [9.17, 15) is 4.79 Å². The zero-order valence-electron chi connectivity index (χ0n) is 13.3. The second-order valence-corrected chi connectivity index (χ2v) is 5.84. The van der Waals surface area contributed by atoms with Crippen LogP contribution in [0.2, 0.25) is 0 Å². The summed E-state index contributed by atoms with van der Waals surface area (Å²) in [6, 6.07) is 0.0704. The zero-order valence-corrected chi connectivity index (χ0v) is 13.3. The Labute approximate surface area is 122 Å². The first-order chi connectivity index (χ1) is 9.45. The fourth-order valence-corrected chi connectivity index (χ4v) is 2.57. The lowest BCUT2D eigenvalue weighted by Gasteiger charge is -2.36. The Morgan fingerprint density at radius 2 is 1.95 bits per heavy atom. The molecule has 1 aliphatic heterocycles. The summed E-state index contributed by atoms with van der Waals surface area (Å²) in [6.07, 6.45) is 2.40. The van der Waals surface area contributed by atoms with Gasteiger partial charge in [-0.15, -0.1) is 0 Å². The van der Waals surface area contributed by atoms with Crippen LogP contribution in [-0.4, -0.2) is 93.7 Å². The number of likely N-dealkylation sites (N-methyl/N-ethyl adjacent to an activating group) is 2. The quantitative estimate of drug-likeness (QED) is 0.680. The Bertz CT molecular complexity index is 293. The molecule has 0 aromatic carbocycles. The lowest BCUT2D eigenvalue weighted by atomic mass is 10.0. The van der Waals surface area contributed by atoms with Crippen molar-refractivity contribution in [3.05, 3.63) is 0 Å². The van der Waals surface area contributed by atoms with Gasteiger partial charge in [-0.2, -0.15) is 0 Å². The third-order valence-corrected chi connectivity index (χ3v) is 4.14. The molecular formula is C14H30N4O2. The van der Waals surface area contributed by atoms with Crippen LogP contribution in [0.5, 0.6) is 0 Å². The van der Waals surface area contributed by atoms with E-state index in [1.54, 1.807) is 19.1 Å². The van der Waals surface area contributed by atoms with Crippen LogP contribution >= 0.6 is 0 Å². The van der Waals surface area contributed by atoms with Crippen molar-refractivity contribution in [3.63, 3.8) is 0 Å². The Hall–Kier alpha value is -0.690. The van der Waals surface area contributed by atoms with E-state index in [0.29, 0.717) is 12.6 Å². The summed E-state index contributed by atoms with van der Waals surface area (Å²) >= 11 is 0. The molecule has 0 aromatic heterocycles. The smallest absolute Gasteiger partial charge is 0.241 e. The van der Waals surface area contributed by atoms with Gasteiger partial charge in [-0.25, -0.2) is 0 Å². The molecule has 1 rings (SSSR count). The number of carbonyl (C=O) groups excluding carboxylic acids is 1. The van der Waals surface area contributed by atoms with E-state index >= 15 is 0 Å². The number of methoxy groups -OCH3 is 1. The molecule has 0 aliphatic carbocycles. The molecule has 0 aromatic rings. The van der Waals surface area contributed by atoms with Crippen LogP contribution in [0.15, 0.2) is 0 Å². The molecule has 0 bridgehead atoms. The van der Waals surface area contributed by atoms with Gasteiger partial charge in [-0.3, -0.25) is 4.79 Å². The fourth-order valence-electron chi connectivity index (χ4n) is 2.57. The van der Waals surface area contributed by atoms with Gasteiger partial charge in [0.05, 0.1) is 6.61 Å². The van der Waals surface area contributed by atoms with E-state index in [1.165, 1.54) is 12.8 Å². The molecule has 1 unspecified atom stereocenters. The van der Waals surface area contributed by atoms with Gasteiger partial charge in [-0.05, 0) is 40.0 Å². The molecule has 6 nitrogen and oxygen atoms in total. The van der Waals surface area contributed by atoms with Gasteiger partial charge >= 0.3 is 0 Å². The summed E-state index contributed by atoms with van der Waals surface area (Å²) in [5, 5.41) is 0. The highest BCUT2D eigenvalue weighted by atomic mass is 16.5. The highest BCUT2D eigenvalue weighted by Crippen LogP contribution is 2.13. The molecule has 0 saturated carbocycles. The molecule has 6 heteroatoms. The minimum atomic E-state index is -0.557. The summed E-state index contributed by atoms with van der Waals surface area (Å²) < 4.78 is 4.92. The van der Waals surface area contributed by atoms with Crippen molar-refractivity contribution in [2.45, 2.75) is 24.9 Å². The molecule has 20 heavy (non-hydrogen) atoms. The van der Waals surface area contributed by atoms with Gasteiger partial charge in [0, 0.05) is 33.3 Å². The Balaban J connectivity index is 2.29. The van der Waals surface area contributed by atoms with Crippen LogP contribution in [0.25, 0.3) is 0 Å². The van der Waals surface area contributed by atoms with Crippen LogP contribution in [0, 0.1) is 0 Å². The van der Waals surface area contributed by atoms with Crippen molar-refractivity contribution >= 4 is 5.91 Å². The van der Waals surface area contributed by atoms with Gasteiger partial charge in [0.1, 0.15) is 6.04 Å². The standard InChI is InChI=1S/C14H30N4O2/c1-16-7-5-12(6-8-16)17(2)9-10-18(3)14(19)13(15)11-20-4/h12-13H,5-11,15H2,1-4H3. The zero-order chi connectivity index (χ0) is 15.1. The molecule has 118 valence electrons. The third-order valence-electron chi connectivity index (χ3n) is 4.14. The summed E-state index contributed by atoms with van der Waals surface area (Å²) in [7, 11) is 7.67. The topological polar surface area (TPSA) is 62.0 Å². The number of ether oxygens (including phenoxy) is 1. The second kappa shape index (κ2) is 8.56. The molecule has 2 N–H and O–H groups in total. The Morgan fingerprint density at radius 1 is 1.35 bits per heavy atom. The summed E-state index contributed by atoms with van der Waals surface area (Å²) in [6.45, 7) is 4.17. The number of nitrogens with two attached hydrogens (primary N) is 1. The van der Waals surface area contributed by atoms with E-state index < -0.39 is 6.04 Å². The SMILES string of the molecule is COCC(N)C(=O)N(C)CCN(C)C1CCN(C)CC1. The average molecular weight is 286 g/mol. The van der Waals surface area contributed by atoms with Crippen LogP contribution in [0.3, 0.4) is 0 Å². The number of piperidine rings is 1. The maximum absolute atomic E-state index is 12.0. The monoisotopic (exact) mass is 286 g/mol. The van der Waals surface area contributed by atoms with Crippen LogP contribution in [-0.2, 0) is 9.53 Å². The molecule has 1 heterocycles. The lowest BCUT2D eigenvalue weighted by Crippen LogP contribution is -2.48. The largest absolute Gasteiger partial charge is 0.383 e. The number of carbonyl (C=O) groups is 1. The molecular weight excluding hydrogens is 256 g/mol. The molecule has 0 radical (unpaired) electrons. The number of hydrogen-bond donors (Lipinski definition) is 1. The first kappa shape index (κ1) is 17.4. The Kier molecular flexibility index (Phi) is 7.43. The fraction of sp³-hybridized carbons (Fsp3) is 0.929. The van der Waals surface area contributed by atoms with E-state index in [1.807, 2.05) is 0 Å². The van der Waals surface area contributed by atoms with Gasteiger partial charge < -0.3 is 25.2 Å². The molecule has 1 atom stereocenters. The summed E-state index contributed by atoms with van der Waals surface area (Å²) in [5.74, 6) is -0.0522. The second-order valence-electron chi connectivity index (χ2n) is 5.84. The van der Waals surface area contributed by atoms with Gasteiger partial charge in [0.15, 0.2) is 0 Å². The van der Waals surface area contributed by atoms with Crippen molar-refractivity contribution < 1.29 is 9.53 Å². The lowest BCUT2D eigenvalue weighted by molar-refractivity contribution is -0.132. The molecule has 0 spiro atoms. The van der Waals surface area contributed by atoms with Crippen molar-refractivity contribution in [1.82, 2.24) is 14.7 Å². The predicted molar refractivity (Wildman–Crippen MR) is 80.6 cm³/mol. The van der Waals surface area contributed by atoms with Crippen molar-refractivity contribution in [1.29, 1.82) is 0 Å². The van der Waals surface area contributed by atoms with Crippen LogP contribution in [0.1, 0.15) is 12.8 Å². The number of nitrogens with zero attached hydrogens (tertiary/aromatic N) is 3. The molecule has 1 saturated heterocycles. The minimum absolute atomic E-state index is 0.0522. The van der Waals surface area contributed by atoms with Crippen molar-refractivity contribution in [2.24, 2.45) is 5.73 Å².